The van der Waals surface area contributed by atoms with Gasteiger partial charge in [0.05, 0.1) is 16.1 Å². The van der Waals surface area contributed by atoms with Crippen molar-refractivity contribution in [2.45, 2.75) is 39.7 Å². The number of amides is 1. The van der Waals surface area contributed by atoms with E-state index in [1.165, 1.54) is 17.7 Å². The fourth-order valence-electron chi connectivity index (χ4n) is 3.50. The number of carboxylic acid groups (broad SMARTS) is 1. The molecule has 0 spiro atoms. The van der Waals surface area contributed by atoms with Gasteiger partial charge >= 0.3 is 6.09 Å². The molecule has 2 aromatic heterocycles. The summed E-state index contributed by atoms with van der Waals surface area (Å²) in [7, 11) is 0. The zero-order valence-corrected chi connectivity index (χ0v) is 18.1. The van der Waals surface area contributed by atoms with Crippen molar-refractivity contribution < 1.29 is 14.6 Å². The SMILES string of the molecule is Cc1nc2c(-c3ccc(OCC(C)(CC(C)C)NC(=O)O)c(C#N)c3)ncnc2s1. The maximum atomic E-state index is 11.2. The molecule has 1 unspecified atom stereocenters. The van der Waals surface area contributed by atoms with Gasteiger partial charge in [-0.25, -0.2) is 19.7 Å². The van der Waals surface area contributed by atoms with E-state index in [0.29, 0.717) is 28.9 Å². The first-order valence-electron chi connectivity index (χ1n) is 9.47. The average molecular weight is 426 g/mol. The summed E-state index contributed by atoms with van der Waals surface area (Å²) in [4.78, 5) is 25.1. The average Bonchev–Trinajstić information content (AvgIpc) is 3.05. The van der Waals surface area contributed by atoms with Crippen LogP contribution in [0.5, 0.6) is 5.75 Å². The van der Waals surface area contributed by atoms with Crippen molar-refractivity contribution in [3.63, 3.8) is 0 Å². The van der Waals surface area contributed by atoms with Crippen molar-refractivity contribution in [3.8, 4) is 23.1 Å². The molecule has 1 atom stereocenters. The van der Waals surface area contributed by atoms with Crippen molar-refractivity contribution in [2.75, 3.05) is 6.61 Å². The van der Waals surface area contributed by atoms with E-state index < -0.39 is 11.6 Å². The number of nitrogens with zero attached hydrogens (tertiary/aromatic N) is 4. The van der Waals surface area contributed by atoms with E-state index in [-0.39, 0.29) is 12.5 Å². The van der Waals surface area contributed by atoms with Crippen LogP contribution in [0.3, 0.4) is 0 Å². The minimum Gasteiger partial charge on any atom is -0.490 e. The number of hydrogen-bond donors (Lipinski definition) is 2. The van der Waals surface area contributed by atoms with Crippen LogP contribution in [0.2, 0.25) is 0 Å². The van der Waals surface area contributed by atoms with Gasteiger partial charge in [0.25, 0.3) is 0 Å². The lowest BCUT2D eigenvalue weighted by atomic mass is 9.91. The van der Waals surface area contributed by atoms with Gasteiger partial charge < -0.3 is 15.2 Å². The van der Waals surface area contributed by atoms with E-state index >= 15 is 0 Å². The third-order valence-electron chi connectivity index (χ3n) is 4.49. The molecule has 1 amide bonds. The molecule has 3 rings (SSSR count). The summed E-state index contributed by atoms with van der Waals surface area (Å²) < 4.78 is 5.88. The Labute approximate surface area is 178 Å². The number of thiazole rings is 1. The molecule has 8 nitrogen and oxygen atoms in total. The van der Waals surface area contributed by atoms with Crippen molar-refractivity contribution in [2.24, 2.45) is 5.92 Å². The first-order chi connectivity index (χ1) is 14.2. The second-order valence-electron chi connectivity index (χ2n) is 7.81. The lowest BCUT2D eigenvalue weighted by molar-refractivity contribution is 0.143. The molecule has 30 heavy (non-hydrogen) atoms. The summed E-state index contributed by atoms with van der Waals surface area (Å²) in [5.41, 5.74) is 1.67. The monoisotopic (exact) mass is 425 g/mol. The van der Waals surface area contributed by atoms with Gasteiger partial charge in [-0.1, -0.05) is 25.2 Å². The number of fused-ring (bicyclic) bond motifs is 1. The first kappa shape index (κ1) is 21.5. The summed E-state index contributed by atoms with van der Waals surface area (Å²) in [6, 6.07) is 7.38. The van der Waals surface area contributed by atoms with Gasteiger partial charge in [0, 0.05) is 5.56 Å². The number of nitriles is 1. The van der Waals surface area contributed by atoms with Crippen LogP contribution in [0.25, 0.3) is 21.6 Å². The summed E-state index contributed by atoms with van der Waals surface area (Å²) in [6.45, 7) is 7.84. The van der Waals surface area contributed by atoms with Gasteiger partial charge in [0.1, 0.15) is 40.8 Å². The first-order valence-corrected chi connectivity index (χ1v) is 10.3. The Balaban J connectivity index is 1.89. The molecule has 3 aromatic rings. The Morgan fingerprint density at radius 1 is 1.40 bits per heavy atom. The van der Waals surface area contributed by atoms with Crippen LogP contribution >= 0.6 is 11.3 Å². The molecule has 0 aliphatic heterocycles. The Morgan fingerprint density at radius 2 is 2.17 bits per heavy atom. The van der Waals surface area contributed by atoms with Crippen LogP contribution in [0, 0.1) is 24.2 Å². The highest BCUT2D eigenvalue weighted by atomic mass is 32.1. The van der Waals surface area contributed by atoms with E-state index in [9.17, 15) is 15.2 Å². The van der Waals surface area contributed by atoms with Crippen LogP contribution in [-0.2, 0) is 0 Å². The van der Waals surface area contributed by atoms with Crippen molar-refractivity contribution >= 4 is 27.8 Å². The molecular formula is C21H23N5O3S. The normalized spacial score (nSPS) is 13.1. The molecule has 0 aliphatic rings. The largest absolute Gasteiger partial charge is 0.490 e. The molecule has 0 fully saturated rings. The molecule has 0 bridgehead atoms. The van der Waals surface area contributed by atoms with Crippen LogP contribution in [0.15, 0.2) is 24.5 Å². The van der Waals surface area contributed by atoms with Gasteiger partial charge in [-0.2, -0.15) is 5.26 Å². The Bertz CT molecular complexity index is 1120. The van der Waals surface area contributed by atoms with Crippen LogP contribution in [-0.4, -0.2) is 38.3 Å². The smallest absolute Gasteiger partial charge is 0.405 e. The number of carbonyl (C=O) groups is 1. The molecule has 9 heteroatoms. The highest BCUT2D eigenvalue weighted by molar-refractivity contribution is 7.18. The fraction of sp³-hybridized carbons (Fsp3) is 0.381. The zero-order valence-electron chi connectivity index (χ0n) is 17.3. The lowest BCUT2D eigenvalue weighted by Gasteiger charge is -2.31. The van der Waals surface area contributed by atoms with Crippen molar-refractivity contribution in [1.82, 2.24) is 20.3 Å². The molecule has 0 radical (unpaired) electrons. The standard InChI is InChI=1S/C21H23N5O3S/c1-12(2)8-21(4,26-20(27)28)10-29-16-6-5-14(7-15(16)9-22)17-18-19(24-11-23-17)30-13(3)25-18/h5-7,11-12,26H,8,10H2,1-4H3,(H,27,28). The van der Waals surface area contributed by atoms with Gasteiger partial charge in [-0.15, -0.1) is 0 Å². The van der Waals surface area contributed by atoms with E-state index in [1.54, 1.807) is 19.1 Å². The number of benzene rings is 1. The molecular weight excluding hydrogens is 402 g/mol. The van der Waals surface area contributed by atoms with Crippen LogP contribution in [0.4, 0.5) is 4.79 Å². The van der Waals surface area contributed by atoms with Crippen LogP contribution in [0.1, 0.15) is 37.8 Å². The summed E-state index contributed by atoms with van der Waals surface area (Å²) in [6.07, 6.45) is 0.978. The third kappa shape index (κ3) is 4.83. The molecule has 0 saturated heterocycles. The second kappa shape index (κ2) is 8.63. The molecule has 2 N–H and O–H groups in total. The number of hydrogen-bond acceptors (Lipinski definition) is 7. The lowest BCUT2D eigenvalue weighted by Crippen LogP contribution is -2.50. The molecule has 0 saturated carbocycles. The van der Waals surface area contributed by atoms with Gasteiger partial charge in [-0.05, 0) is 44.4 Å². The summed E-state index contributed by atoms with van der Waals surface area (Å²) in [5, 5.41) is 22.2. The Kier molecular flexibility index (Phi) is 6.17. The van der Waals surface area contributed by atoms with E-state index in [1.807, 2.05) is 26.8 Å². The molecule has 156 valence electrons. The minimum absolute atomic E-state index is 0.106. The quantitative estimate of drug-likeness (QED) is 0.576. The number of ether oxygens (including phenoxy) is 1. The zero-order chi connectivity index (χ0) is 21.9. The third-order valence-corrected chi connectivity index (χ3v) is 5.37. The molecule has 0 aliphatic carbocycles. The topological polar surface area (TPSA) is 121 Å². The number of aryl methyl sites for hydroxylation is 1. The Morgan fingerprint density at radius 3 is 2.83 bits per heavy atom. The van der Waals surface area contributed by atoms with Gasteiger partial charge in [0.15, 0.2) is 0 Å². The summed E-state index contributed by atoms with van der Waals surface area (Å²) in [5.74, 6) is 0.660. The highest BCUT2D eigenvalue weighted by Gasteiger charge is 2.29. The van der Waals surface area contributed by atoms with Gasteiger partial charge in [0.2, 0.25) is 0 Å². The maximum Gasteiger partial charge on any atom is 0.405 e. The second-order valence-corrected chi connectivity index (χ2v) is 8.99. The summed E-state index contributed by atoms with van der Waals surface area (Å²) >= 11 is 1.49. The van der Waals surface area contributed by atoms with E-state index in [0.717, 1.165) is 15.4 Å². The molecule has 1 aromatic carbocycles. The molecule has 2 heterocycles. The minimum atomic E-state index is -1.11. The number of rotatable bonds is 7. The highest BCUT2D eigenvalue weighted by Crippen LogP contribution is 2.31. The van der Waals surface area contributed by atoms with Gasteiger partial charge in [-0.3, -0.25) is 0 Å². The number of aromatic nitrogens is 3. The maximum absolute atomic E-state index is 11.2. The van der Waals surface area contributed by atoms with Crippen molar-refractivity contribution in [3.05, 3.63) is 35.1 Å². The predicted octanol–water partition coefficient (Wildman–Crippen LogP) is 4.38. The van der Waals surface area contributed by atoms with E-state index in [2.05, 4.69) is 26.3 Å². The van der Waals surface area contributed by atoms with Crippen molar-refractivity contribution in [1.29, 1.82) is 5.26 Å². The number of nitrogens with one attached hydrogen (secondary N) is 1. The Hall–Kier alpha value is -3.25. The van der Waals surface area contributed by atoms with Crippen LogP contribution < -0.4 is 10.1 Å². The fourth-order valence-corrected chi connectivity index (χ4v) is 4.26. The van der Waals surface area contributed by atoms with E-state index in [4.69, 9.17) is 4.74 Å². The predicted molar refractivity (Wildman–Crippen MR) is 115 cm³/mol.